The lowest BCUT2D eigenvalue weighted by atomic mass is 10.2. The highest BCUT2D eigenvalue weighted by atomic mass is 35.5. The minimum atomic E-state index is -0.610. The maximum Gasteiger partial charge on any atom is 0.205 e. The Labute approximate surface area is 127 Å². The molecule has 110 valence electrons. The van der Waals surface area contributed by atoms with Crippen LogP contribution in [0.3, 0.4) is 0 Å². The van der Waals surface area contributed by atoms with Gasteiger partial charge in [0.05, 0.1) is 25.4 Å². The van der Waals surface area contributed by atoms with Gasteiger partial charge in [-0.1, -0.05) is 35.5 Å². The molecule has 0 aliphatic carbocycles. The Hall–Kier alpha value is -0.590. The number of nitrogens with one attached hydrogen (secondary N) is 1. The lowest BCUT2D eigenvalue weighted by molar-refractivity contribution is -0.112. The molecular weight excluding hydrogens is 298 g/mol. The predicted octanol–water partition coefficient (Wildman–Crippen LogP) is 1.84. The summed E-state index contributed by atoms with van der Waals surface area (Å²) in [5.41, 5.74) is 1.01. The van der Waals surface area contributed by atoms with Crippen LogP contribution in [0, 0.1) is 0 Å². The first-order chi connectivity index (χ1) is 9.65. The maximum absolute atomic E-state index is 11.4. The SMILES string of the molecule is O=C1SCC[C@@H]1NC[C@@H](O)COCc1ccc(Cl)cc1. The summed E-state index contributed by atoms with van der Waals surface area (Å²) in [5.74, 6) is 0.861. The standard InChI is InChI=1S/C14H18ClNO3S/c15-11-3-1-10(2-4-11)8-19-9-12(17)7-16-13-5-6-20-14(13)18/h1-4,12-13,16-17H,5-9H2/t12-,13+/m1/s1. The van der Waals surface area contributed by atoms with Gasteiger partial charge in [-0.05, 0) is 24.1 Å². The van der Waals surface area contributed by atoms with E-state index in [4.69, 9.17) is 16.3 Å². The van der Waals surface area contributed by atoms with Gasteiger partial charge in [0.15, 0.2) is 0 Å². The molecule has 2 rings (SSSR count). The summed E-state index contributed by atoms with van der Waals surface area (Å²) in [6, 6.07) is 7.28. The number of benzene rings is 1. The van der Waals surface area contributed by atoms with Crippen LogP contribution in [0.2, 0.25) is 5.02 Å². The quantitative estimate of drug-likeness (QED) is 0.804. The lowest BCUT2D eigenvalue weighted by Gasteiger charge is -2.15. The van der Waals surface area contributed by atoms with E-state index in [1.165, 1.54) is 11.8 Å². The van der Waals surface area contributed by atoms with Crippen LogP contribution >= 0.6 is 23.4 Å². The summed E-state index contributed by atoms with van der Waals surface area (Å²) >= 11 is 7.14. The molecule has 1 heterocycles. The zero-order valence-corrected chi connectivity index (χ0v) is 12.6. The number of aliphatic hydroxyl groups excluding tert-OH is 1. The van der Waals surface area contributed by atoms with Crippen LogP contribution < -0.4 is 5.32 Å². The fourth-order valence-corrected chi connectivity index (χ4v) is 2.99. The molecule has 0 saturated carbocycles. The van der Waals surface area contributed by atoms with Crippen molar-refractivity contribution in [2.45, 2.75) is 25.2 Å². The van der Waals surface area contributed by atoms with Gasteiger partial charge in [0.2, 0.25) is 5.12 Å². The molecule has 0 radical (unpaired) electrons. The molecule has 2 N–H and O–H groups in total. The van der Waals surface area contributed by atoms with E-state index < -0.39 is 6.10 Å². The molecule has 1 aromatic rings. The number of ether oxygens (including phenoxy) is 1. The van der Waals surface area contributed by atoms with Crippen molar-refractivity contribution in [3.05, 3.63) is 34.9 Å². The minimum Gasteiger partial charge on any atom is -0.389 e. The Morgan fingerprint density at radius 1 is 1.45 bits per heavy atom. The molecule has 6 heteroatoms. The summed E-state index contributed by atoms with van der Waals surface area (Å²) in [4.78, 5) is 11.4. The first-order valence-electron chi connectivity index (χ1n) is 6.55. The van der Waals surface area contributed by atoms with Gasteiger partial charge in [0.25, 0.3) is 0 Å². The molecule has 1 aromatic carbocycles. The van der Waals surface area contributed by atoms with Gasteiger partial charge >= 0.3 is 0 Å². The Kier molecular flexibility index (Phi) is 6.32. The molecule has 2 atom stereocenters. The lowest BCUT2D eigenvalue weighted by Crippen LogP contribution is -2.39. The topological polar surface area (TPSA) is 58.6 Å². The molecule has 1 fully saturated rings. The third-order valence-electron chi connectivity index (χ3n) is 3.03. The molecule has 1 aliphatic rings. The smallest absolute Gasteiger partial charge is 0.205 e. The number of carbonyl (C=O) groups excluding carboxylic acids is 1. The van der Waals surface area contributed by atoms with E-state index in [9.17, 15) is 9.90 Å². The average molecular weight is 316 g/mol. The number of aliphatic hydroxyl groups is 1. The fourth-order valence-electron chi connectivity index (χ4n) is 1.91. The van der Waals surface area contributed by atoms with Crippen LogP contribution in [0.15, 0.2) is 24.3 Å². The van der Waals surface area contributed by atoms with Crippen molar-refractivity contribution in [2.24, 2.45) is 0 Å². The minimum absolute atomic E-state index is 0.120. The van der Waals surface area contributed by atoms with E-state index >= 15 is 0 Å². The molecular formula is C14H18ClNO3S. The molecule has 0 bridgehead atoms. The second-order valence-corrected chi connectivity index (χ2v) is 6.25. The van der Waals surface area contributed by atoms with Gasteiger partial charge in [-0.3, -0.25) is 4.79 Å². The number of hydrogen-bond acceptors (Lipinski definition) is 5. The number of hydrogen-bond donors (Lipinski definition) is 2. The van der Waals surface area contributed by atoms with Crippen LogP contribution in [0.1, 0.15) is 12.0 Å². The Morgan fingerprint density at radius 2 is 2.20 bits per heavy atom. The fraction of sp³-hybridized carbons (Fsp3) is 0.500. The van der Waals surface area contributed by atoms with Gasteiger partial charge in [-0.2, -0.15) is 0 Å². The van der Waals surface area contributed by atoms with Gasteiger partial charge in [0.1, 0.15) is 0 Å². The highest BCUT2D eigenvalue weighted by Crippen LogP contribution is 2.19. The Balaban J connectivity index is 1.61. The number of thioether (sulfide) groups is 1. The molecule has 20 heavy (non-hydrogen) atoms. The number of halogens is 1. The zero-order valence-electron chi connectivity index (χ0n) is 11.0. The summed E-state index contributed by atoms with van der Waals surface area (Å²) in [6.45, 7) is 1.05. The number of carbonyl (C=O) groups is 1. The molecule has 4 nitrogen and oxygen atoms in total. The van der Waals surface area contributed by atoms with Crippen molar-refractivity contribution in [2.75, 3.05) is 18.9 Å². The van der Waals surface area contributed by atoms with Crippen molar-refractivity contribution in [1.29, 1.82) is 0 Å². The van der Waals surface area contributed by atoms with Gasteiger partial charge in [0, 0.05) is 17.3 Å². The number of rotatable bonds is 7. The molecule has 0 spiro atoms. The summed E-state index contributed by atoms with van der Waals surface area (Å²) < 4.78 is 5.44. The highest BCUT2D eigenvalue weighted by molar-refractivity contribution is 8.14. The molecule has 1 saturated heterocycles. The molecule has 0 amide bonds. The van der Waals surface area contributed by atoms with Gasteiger partial charge < -0.3 is 15.2 Å². The van der Waals surface area contributed by atoms with Crippen molar-refractivity contribution in [3.8, 4) is 0 Å². The van der Waals surface area contributed by atoms with Crippen LogP contribution in [0.5, 0.6) is 0 Å². The van der Waals surface area contributed by atoms with Crippen LogP contribution in [0.4, 0.5) is 0 Å². The normalized spacial score (nSPS) is 20.3. The monoisotopic (exact) mass is 315 g/mol. The van der Waals surface area contributed by atoms with Crippen molar-refractivity contribution in [3.63, 3.8) is 0 Å². The van der Waals surface area contributed by atoms with E-state index in [1.54, 1.807) is 0 Å². The maximum atomic E-state index is 11.4. The summed E-state index contributed by atoms with van der Waals surface area (Å²) in [7, 11) is 0. The van der Waals surface area contributed by atoms with E-state index in [0.29, 0.717) is 18.2 Å². The average Bonchev–Trinajstić information content (AvgIpc) is 2.84. The van der Waals surface area contributed by atoms with Crippen LogP contribution in [0.25, 0.3) is 0 Å². The van der Waals surface area contributed by atoms with E-state index in [2.05, 4.69) is 5.32 Å². The molecule has 1 aliphatic heterocycles. The Morgan fingerprint density at radius 3 is 2.85 bits per heavy atom. The van der Waals surface area contributed by atoms with E-state index in [0.717, 1.165) is 17.7 Å². The molecule has 0 aromatic heterocycles. The van der Waals surface area contributed by atoms with Crippen molar-refractivity contribution < 1.29 is 14.6 Å². The third kappa shape index (κ3) is 5.07. The first kappa shape index (κ1) is 15.8. The highest BCUT2D eigenvalue weighted by Gasteiger charge is 2.25. The largest absolute Gasteiger partial charge is 0.389 e. The zero-order chi connectivity index (χ0) is 14.4. The van der Waals surface area contributed by atoms with E-state index in [1.807, 2.05) is 24.3 Å². The van der Waals surface area contributed by atoms with Gasteiger partial charge in [-0.25, -0.2) is 0 Å². The van der Waals surface area contributed by atoms with Crippen LogP contribution in [-0.4, -0.2) is 41.3 Å². The van der Waals surface area contributed by atoms with Crippen molar-refractivity contribution >= 4 is 28.5 Å². The van der Waals surface area contributed by atoms with E-state index in [-0.39, 0.29) is 17.8 Å². The van der Waals surface area contributed by atoms with Gasteiger partial charge in [-0.15, -0.1) is 0 Å². The second kappa shape index (κ2) is 8.00. The Bertz CT molecular complexity index is 441. The van der Waals surface area contributed by atoms with Crippen LogP contribution in [-0.2, 0) is 16.1 Å². The summed E-state index contributed by atoms with van der Waals surface area (Å²) in [5, 5.41) is 13.7. The second-order valence-electron chi connectivity index (χ2n) is 4.71. The predicted molar refractivity (Wildman–Crippen MR) is 81.0 cm³/mol. The molecule has 0 unspecified atom stereocenters. The van der Waals surface area contributed by atoms with Crippen molar-refractivity contribution in [1.82, 2.24) is 5.32 Å². The third-order valence-corrected chi connectivity index (χ3v) is 4.29. The first-order valence-corrected chi connectivity index (χ1v) is 7.92. The summed E-state index contributed by atoms with van der Waals surface area (Å²) in [6.07, 6.45) is 0.225.